The van der Waals surface area contributed by atoms with Gasteiger partial charge in [-0.3, -0.25) is 19.7 Å². The molecule has 2 bridgehead atoms. The van der Waals surface area contributed by atoms with Crippen molar-refractivity contribution in [3.05, 3.63) is 34.4 Å². The number of fused-ring (bicyclic) bond motifs is 2. The lowest BCUT2D eigenvalue weighted by atomic mass is 9.64. The number of Topliss-reactive ketones (excluding diaryl/α,β-unsaturated/α-hetero) is 1. The molecule has 2 aliphatic rings. The number of hydrogen-bond donors (Lipinski definition) is 1. The van der Waals surface area contributed by atoms with Gasteiger partial charge < -0.3 is 5.32 Å². The predicted octanol–water partition coefficient (Wildman–Crippen LogP) is 3.69. The van der Waals surface area contributed by atoms with E-state index in [-0.39, 0.29) is 23.1 Å². The first-order chi connectivity index (χ1) is 11.1. The summed E-state index contributed by atoms with van der Waals surface area (Å²) in [4.78, 5) is 35.9. The van der Waals surface area contributed by atoms with Crippen LogP contribution in [0, 0.1) is 26.4 Å². The van der Waals surface area contributed by atoms with Gasteiger partial charge in [-0.1, -0.05) is 48.8 Å². The minimum Gasteiger partial charge on any atom is -0.320 e. The molecular formula is C17H19BrN2O4. The third-order valence-corrected chi connectivity index (χ3v) is 7.67. The van der Waals surface area contributed by atoms with E-state index in [2.05, 4.69) is 21.2 Å². The SMILES string of the molecule is CC12CCC(C(=O)Nc3ccccc3[N+](=O)[O-])(C(Br)C1=O)C2(C)C. The minimum absolute atomic E-state index is 0.0384. The lowest BCUT2D eigenvalue weighted by Crippen LogP contribution is -2.48. The number of anilines is 1. The van der Waals surface area contributed by atoms with Crippen molar-refractivity contribution in [2.45, 2.75) is 38.4 Å². The van der Waals surface area contributed by atoms with Crippen LogP contribution in [0.15, 0.2) is 24.3 Å². The number of nitrogens with one attached hydrogen (secondary N) is 1. The highest BCUT2D eigenvalue weighted by Crippen LogP contribution is 2.72. The molecule has 7 heteroatoms. The van der Waals surface area contributed by atoms with Gasteiger partial charge in [0.05, 0.1) is 15.2 Å². The molecule has 3 unspecified atom stereocenters. The van der Waals surface area contributed by atoms with Crippen LogP contribution >= 0.6 is 15.9 Å². The Bertz CT molecular complexity index is 763. The van der Waals surface area contributed by atoms with Gasteiger partial charge >= 0.3 is 0 Å². The zero-order valence-electron chi connectivity index (χ0n) is 13.8. The van der Waals surface area contributed by atoms with Crippen molar-refractivity contribution in [3.8, 4) is 0 Å². The van der Waals surface area contributed by atoms with Gasteiger partial charge in [0.2, 0.25) is 5.91 Å². The van der Waals surface area contributed by atoms with Crippen LogP contribution in [0.3, 0.4) is 0 Å². The summed E-state index contributed by atoms with van der Waals surface area (Å²) in [6, 6.07) is 6.04. The molecule has 1 N–H and O–H groups in total. The Morgan fingerprint density at radius 3 is 2.46 bits per heavy atom. The number of alkyl halides is 1. The molecule has 0 spiro atoms. The van der Waals surface area contributed by atoms with Crippen molar-refractivity contribution in [1.82, 2.24) is 0 Å². The van der Waals surface area contributed by atoms with Crippen LogP contribution in [0.2, 0.25) is 0 Å². The number of carbonyl (C=O) groups is 2. The van der Waals surface area contributed by atoms with Gasteiger partial charge in [0, 0.05) is 11.5 Å². The van der Waals surface area contributed by atoms with Crippen molar-refractivity contribution in [2.75, 3.05) is 5.32 Å². The molecule has 2 saturated carbocycles. The standard InChI is InChI=1S/C17H19BrN2O4/c1-15(2)16(3)8-9-17(15,12(18)13(16)21)14(22)19-10-6-4-5-7-11(10)20(23)24/h4-7,12H,8-9H2,1-3H3,(H,19,22). The average Bonchev–Trinajstić information content (AvgIpc) is 2.79. The van der Waals surface area contributed by atoms with Crippen molar-refractivity contribution in [1.29, 1.82) is 0 Å². The van der Waals surface area contributed by atoms with E-state index in [0.717, 1.165) is 0 Å². The van der Waals surface area contributed by atoms with Crippen LogP contribution in [-0.2, 0) is 9.59 Å². The molecule has 2 fully saturated rings. The fourth-order valence-corrected chi connectivity index (χ4v) is 5.94. The van der Waals surface area contributed by atoms with Gasteiger partial charge in [-0.2, -0.15) is 0 Å². The van der Waals surface area contributed by atoms with Crippen molar-refractivity contribution < 1.29 is 14.5 Å². The summed E-state index contributed by atoms with van der Waals surface area (Å²) in [5, 5.41) is 13.9. The monoisotopic (exact) mass is 394 g/mol. The molecule has 0 heterocycles. The minimum atomic E-state index is -0.914. The molecule has 1 amide bonds. The maximum Gasteiger partial charge on any atom is 0.292 e. The normalized spacial score (nSPS) is 33.5. The first-order valence-corrected chi connectivity index (χ1v) is 8.74. The van der Waals surface area contributed by atoms with E-state index in [4.69, 9.17) is 0 Å². The number of nitro benzene ring substituents is 1. The van der Waals surface area contributed by atoms with Crippen LogP contribution in [0.1, 0.15) is 33.6 Å². The largest absolute Gasteiger partial charge is 0.320 e. The number of halogens is 1. The molecule has 2 aliphatic carbocycles. The molecule has 3 atom stereocenters. The number of amides is 1. The number of hydrogen-bond acceptors (Lipinski definition) is 4. The molecule has 128 valence electrons. The second kappa shape index (κ2) is 5.12. The number of rotatable bonds is 3. The predicted molar refractivity (Wildman–Crippen MR) is 93.0 cm³/mol. The van der Waals surface area contributed by atoms with Gasteiger partial charge in [-0.25, -0.2) is 0 Å². The van der Waals surface area contributed by atoms with E-state index in [1.165, 1.54) is 12.1 Å². The molecular weight excluding hydrogens is 376 g/mol. The van der Waals surface area contributed by atoms with Crippen LogP contribution in [0.5, 0.6) is 0 Å². The quantitative estimate of drug-likeness (QED) is 0.480. The maximum atomic E-state index is 13.2. The number of benzene rings is 1. The summed E-state index contributed by atoms with van der Waals surface area (Å²) in [5.41, 5.74) is -2.02. The third-order valence-electron chi connectivity index (χ3n) is 6.47. The fraction of sp³-hybridized carbons (Fsp3) is 0.529. The molecule has 0 aromatic heterocycles. The van der Waals surface area contributed by atoms with Crippen LogP contribution in [-0.4, -0.2) is 21.4 Å². The molecule has 6 nitrogen and oxygen atoms in total. The molecule has 0 saturated heterocycles. The molecule has 3 rings (SSSR count). The summed E-state index contributed by atoms with van der Waals surface area (Å²) >= 11 is 3.45. The summed E-state index contributed by atoms with van der Waals surface area (Å²) in [5.74, 6) is -0.297. The molecule has 0 aliphatic heterocycles. The number of nitro groups is 1. The summed E-state index contributed by atoms with van der Waals surface area (Å²) < 4.78 is 0. The van der Waals surface area contributed by atoms with E-state index in [1.54, 1.807) is 12.1 Å². The van der Waals surface area contributed by atoms with Gasteiger partial charge in [-0.05, 0) is 24.3 Å². The summed E-state index contributed by atoms with van der Waals surface area (Å²) in [7, 11) is 0. The Kier molecular flexibility index (Phi) is 3.64. The van der Waals surface area contributed by atoms with Crippen LogP contribution in [0.4, 0.5) is 11.4 Å². The number of nitrogens with zero attached hydrogens (tertiary/aromatic N) is 1. The zero-order chi connectivity index (χ0) is 17.9. The zero-order valence-corrected chi connectivity index (χ0v) is 15.3. The van der Waals surface area contributed by atoms with E-state index in [9.17, 15) is 19.7 Å². The van der Waals surface area contributed by atoms with Crippen molar-refractivity contribution in [3.63, 3.8) is 0 Å². The Morgan fingerprint density at radius 2 is 1.92 bits per heavy atom. The highest BCUT2D eigenvalue weighted by atomic mass is 79.9. The van der Waals surface area contributed by atoms with Crippen LogP contribution in [0.25, 0.3) is 0 Å². The molecule has 0 radical (unpaired) electrons. The highest BCUT2D eigenvalue weighted by Gasteiger charge is 2.76. The Hall–Kier alpha value is -1.76. The second-order valence-corrected chi connectivity index (χ2v) is 8.30. The first-order valence-electron chi connectivity index (χ1n) is 7.83. The maximum absolute atomic E-state index is 13.2. The van der Waals surface area contributed by atoms with Gasteiger partial charge in [0.1, 0.15) is 5.69 Å². The number of para-hydroxylation sites is 2. The fourth-order valence-electron chi connectivity index (χ4n) is 4.43. The average molecular weight is 395 g/mol. The van der Waals surface area contributed by atoms with Gasteiger partial charge in [0.15, 0.2) is 5.78 Å². The lowest BCUT2D eigenvalue weighted by molar-refractivity contribution is -0.383. The van der Waals surface area contributed by atoms with Crippen LogP contribution < -0.4 is 5.32 Å². The van der Waals surface area contributed by atoms with Crippen molar-refractivity contribution in [2.24, 2.45) is 16.2 Å². The highest BCUT2D eigenvalue weighted by molar-refractivity contribution is 9.10. The Labute approximate surface area is 148 Å². The summed E-state index contributed by atoms with van der Waals surface area (Å²) in [6.45, 7) is 5.80. The van der Waals surface area contributed by atoms with Gasteiger partial charge in [-0.15, -0.1) is 0 Å². The molecule has 1 aromatic carbocycles. The van der Waals surface area contributed by atoms with Gasteiger partial charge in [0.25, 0.3) is 5.69 Å². The summed E-state index contributed by atoms with van der Waals surface area (Å²) in [6.07, 6.45) is 1.22. The van der Waals surface area contributed by atoms with E-state index in [0.29, 0.717) is 12.8 Å². The Morgan fingerprint density at radius 1 is 1.29 bits per heavy atom. The Balaban J connectivity index is 2.02. The lowest BCUT2D eigenvalue weighted by Gasteiger charge is -2.39. The van der Waals surface area contributed by atoms with E-state index < -0.39 is 26.0 Å². The molecule has 24 heavy (non-hydrogen) atoms. The number of ketones is 1. The van der Waals surface area contributed by atoms with E-state index in [1.807, 2.05) is 20.8 Å². The third kappa shape index (κ3) is 1.82. The van der Waals surface area contributed by atoms with Crippen molar-refractivity contribution >= 4 is 39.0 Å². The smallest absolute Gasteiger partial charge is 0.292 e. The van der Waals surface area contributed by atoms with E-state index >= 15 is 0 Å². The molecule has 1 aromatic rings. The first kappa shape index (κ1) is 17.1. The second-order valence-electron chi connectivity index (χ2n) is 7.38. The number of carbonyl (C=O) groups excluding carboxylic acids is 2. The topological polar surface area (TPSA) is 89.3 Å².